The number of carbonyl (C=O) groups is 1. The van der Waals surface area contributed by atoms with Crippen LogP contribution in [0.2, 0.25) is 0 Å². The summed E-state index contributed by atoms with van der Waals surface area (Å²) in [5.74, 6) is 1.58. The maximum atomic E-state index is 12.7. The lowest BCUT2D eigenvalue weighted by Gasteiger charge is -2.13. The summed E-state index contributed by atoms with van der Waals surface area (Å²) >= 11 is 0. The number of hydrogen-bond acceptors (Lipinski definition) is 5. The van der Waals surface area contributed by atoms with Crippen LogP contribution in [-0.4, -0.2) is 24.7 Å². The largest absolute Gasteiger partial charge is 0.497 e. The van der Waals surface area contributed by atoms with Gasteiger partial charge in [0.05, 0.1) is 23.9 Å². The molecule has 0 aliphatic rings. The fourth-order valence-corrected chi connectivity index (χ4v) is 2.86. The molecule has 1 amide bonds. The first-order chi connectivity index (χ1) is 13.6. The predicted molar refractivity (Wildman–Crippen MR) is 106 cm³/mol. The third-order valence-electron chi connectivity index (χ3n) is 4.53. The molecule has 0 saturated carbocycles. The number of amides is 1. The highest BCUT2D eigenvalue weighted by atomic mass is 16.5. The molecule has 1 aromatic heterocycles. The number of ether oxygens (including phenoxy) is 2. The molecule has 0 fully saturated rings. The smallest absolute Gasteiger partial charge is 0.255 e. The lowest BCUT2D eigenvalue weighted by molar-refractivity contribution is 0.0949. The second kappa shape index (κ2) is 9.08. The lowest BCUT2D eigenvalue weighted by atomic mass is 10.1. The lowest BCUT2D eigenvalue weighted by Crippen LogP contribution is -2.26. The monoisotopic (exact) mass is 380 g/mol. The molecule has 0 atom stereocenters. The Labute approximate surface area is 164 Å². The number of rotatable bonds is 8. The van der Waals surface area contributed by atoms with Crippen LogP contribution >= 0.6 is 0 Å². The molecule has 0 bridgehead atoms. The Morgan fingerprint density at radius 1 is 1.14 bits per heavy atom. The van der Waals surface area contributed by atoms with Crippen LogP contribution in [0, 0.1) is 13.8 Å². The van der Waals surface area contributed by atoms with Crippen molar-refractivity contribution in [1.82, 2.24) is 10.5 Å². The Bertz CT molecular complexity index is 915. The van der Waals surface area contributed by atoms with E-state index in [0.29, 0.717) is 29.4 Å². The fraction of sp³-hybridized carbons (Fsp3) is 0.273. The van der Waals surface area contributed by atoms with E-state index in [-0.39, 0.29) is 12.5 Å². The molecule has 1 N–H and O–H groups in total. The van der Waals surface area contributed by atoms with Crippen molar-refractivity contribution in [2.75, 3.05) is 13.7 Å². The minimum atomic E-state index is -0.205. The van der Waals surface area contributed by atoms with Crippen molar-refractivity contribution in [3.8, 4) is 11.5 Å². The van der Waals surface area contributed by atoms with Gasteiger partial charge in [0, 0.05) is 6.54 Å². The highest BCUT2D eigenvalue weighted by molar-refractivity contribution is 5.97. The molecule has 6 nitrogen and oxygen atoms in total. The molecule has 0 aliphatic carbocycles. The molecule has 0 saturated heterocycles. The van der Waals surface area contributed by atoms with Crippen LogP contribution in [0.25, 0.3) is 0 Å². The normalized spacial score (nSPS) is 10.5. The molecule has 28 heavy (non-hydrogen) atoms. The number of nitrogens with one attached hydrogen (secondary N) is 1. The summed E-state index contributed by atoms with van der Waals surface area (Å²) in [6, 6.07) is 15.2. The summed E-state index contributed by atoms with van der Waals surface area (Å²) in [5.41, 5.74) is 3.26. The maximum absolute atomic E-state index is 12.7. The first-order valence-corrected chi connectivity index (χ1v) is 9.13. The standard InChI is InChI=1S/C22H24N2O4/c1-15-20(16(2)28-24-15)14-27-21-10-9-18(26-3)13-19(21)22(25)23-12-11-17-7-5-4-6-8-17/h4-10,13H,11-12,14H2,1-3H3,(H,23,25). The zero-order valence-electron chi connectivity index (χ0n) is 16.3. The van der Waals surface area contributed by atoms with Crippen LogP contribution in [-0.2, 0) is 13.0 Å². The number of benzene rings is 2. The molecule has 2 aromatic carbocycles. The van der Waals surface area contributed by atoms with E-state index in [4.69, 9.17) is 14.0 Å². The molecule has 146 valence electrons. The van der Waals surface area contributed by atoms with Gasteiger partial charge < -0.3 is 19.3 Å². The Balaban J connectivity index is 1.70. The van der Waals surface area contributed by atoms with Crippen molar-refractivity contribution in [3.63, 3.8) is 0 Å². The van der Waals surface area contributed by atoms with Gasteiger partial charge in [-0.2, -0.15) is 0 Å². The number of methoxy groups -OCH3 is 1. The highest BCUT2D eigenvalue weighted by Crippen LogP contribution is 2.26. The number of hydrogen-bond donors (Lipinski definition) is 1. The third kappa shape index (κ3) is 4.71. The van der Waals surface area contributed by atoms with Crippen molar-refractivity contribution >= 4 is 5.91 Å². The van der Waals surface area contributed by atoms with Crippen molar-refractivity contribution in [2.45, 2.75) is 26.9 Å². The van der Waals surface area contributed by atoms with E-state index in [2.05, 4.69) is 10.5 Å². The van der Waals surface area contributed by atoms with Crippen molar-refractivity contribution in [3.05, 3.63) is 76.7 Å². The van der Waals surface area contributed by atoms with Gasteiger partial charge in [-0.3, -0.25) is 4.79 Å². The van der Waals surface area contributed by atoms with E-state index in [9.17, 15) is 4.79 Å². The molecule has 0 spiro atoms. The first-order valence-electron chi connectivity index (χ1n) is 9.13. The summed E-state index contributed by atoms with van der Waals surface area (Å²) in [6.07, 6.45) is 0.756. The summed E-state index contributed by atoms with van der Waals surface area (Å²) in [7, 11) is 1.57. The Hall–Kier alpha value is -3.28. The number of carbonyl (C=O) groups excluding carboxylic acids is 1. The predicted octanol–water partition coefficient (Wildman–Crippen LogP) is 3.85. The molecule has 1 heterocycles. The SMILES string of the molecule is COc1ccc(OCc2c(C)noc2C)c(C(=O)NCCc2ccccc2)c1. The van der Waals surface area contributed by atoms with Gasteiger partial charge >= 0.3 is 0 Å². The number of nitrogens with zero attached hydrogens (tertiary/aromatic N) is 1. The molecular formula is C22H24N2O4. The van der Waals surface area contributed by atoms with Gasteiger partial charge in [0.2, 0.25) is 0 Å². The Morgan fingerprint density at radius 3 is 2.61 bits per heavy atom. The van der Waals surface area contributed by atoms with E-state index >= 15 is 0 Å². The van der Waals surface area contributed by atoms with E-state index in [1.165, 1.54) is 5.56 Å². The van der Waals surface area contributed by atoms with Crippen molar-refractivity contribution in [1.29, 1.82) is 0 Å². The summed E-state index contributed by atoms with van der Waals surface area (Å²) in [4.78, 5) is 12.7. The van der Waals surface area contributed by atoms with E-state index in [0.717, 1.165) is 17.7 Å². The summed E-state index contributed by atoms with van der Waals surface area (Å²) in [5, 5.41) is 6.88. The van der Waals surface area contributed by atoms with E-state index < -0.39 is 0 Å². The van der Waals surface area contributed by atoms with E-state index in [1.54, 1.807) is 25.3 Å². The molecule has 0 radical (unpaired) electrons. The molecule has 0 aliphatic heterocycles. The second-order valence-corrected chi connectivity index (χ2v) is 6.44. The van der Waals surface area contributed by atoms with Gasteiger partial charge in [-0.25, -0.2) is 0 Å². The maximum Gasteiger partial charge on any atom is 0.255 e. The molecule has 0 unspecified atom stereocenters. The number of aromatic nitrogens is 1. The van der Waals surface area contributed by atoms with Crippen molar-refractivity contribution in [2.24, 2.45) is 0 Å². The molecule has 6 heteroatoms. The second-order valence-electron chi connectivity index (χ2n) is 6.44. The van der Waals surface area contributed by atoms with Gasteiger partial charge in [-0.15, -0.1) is 0 Å². The Morgan fingerprint density at radius 2 is 1.93 bits per heavy atom. The van der Waals surface area contributed by atoms with Crippen LogP contribution in [0.15, 0.2) is 53.1 Å². The minimum absolute atomic E-state index is 0.205. The van der Waals surface area contributed by atoms with Gasteiger partial charge in [0.15, 0.2) is 0 Å². The topological polar surface area (TPSA) is 73.6 Å². The van der Waals surface area contributed by atoms with Crippen LogP contribution in [0.5, 0.6) is 11.5 Å². The zero-order chi connectivity index (χ0) is 19.9. The summed E-state index contributed by atoms with van der Waals surface area (Å²) < 4.78 is 16.3. The summed E-state index contributed by atoms with van der Waals surface area (Å²) in [6.45, 7) is 4.51. The quantitative estimate of drug-likeness (QED) is 0.642. The minimum Gasteiger partial charge on any atom is -0.497 e. The van der Waals surface area contributed by atoms with Gasteiger partial charge in [0.1, 0.15) is 23.9 Å². The van der Waals surface area contributed by atoms with Crippen molar-refractivity contribution < 1.29 is 18.8 Å². The van der Waals surface area contributed by atoms with Crippen LogP contribution in [0.3, 0.4) is 0 Å². The van der Waals surface area contributed by atoms with E-state index in [1.807, 2.05) is 44.2 Å². The molecular weight excluding hydrogens is 356 g/mol. The first kappa shape index (κ1) is 19.5. The van der Waals surface area contributed by atoms with Crippen LogP contribution < -0.4 is 14.8 Å². The van der Waals surface area contributed by atoms with Crippen LogP contribution in [0.4, 0.5) is 0 Å². The van der Waals surface area contributed by atoms with Crippen LogP contribution in [0.1, 0.15) is 32.9 Å². The molecule has 3 rings (SSSR count). The van der Waals surface area contributed by atoms with Gasteiger partial charge in [0.25, 0.3) is 5.91 Å². The third-order valence-corrected chi connectivity index (χ3v) is 4.53. The van der Waals surface area contributed by atoms with Gasteiger partial charge in [-0.05, 0) is 44.0 Å². The Kier molecular flexibility index (Phi) is 6.32. The number of aryl methyl sites for hydroxylation is 2. The highest BCUT2D eigenvalue weighted by Gasteiger charge is 2.16. The fourth-order valence-electron chi connectivity index (χ4n) is 2.86. The average molecular weight is 380 g/mol. The average Bonchev–Trinajstić information content (AvgIpc) is 3.04. The molecule has 3 aromatic rings. The van der Waals surface area contributed by atoms with Gasteiger partial charge in [-0.1, -0.05) is 35.5 Å². The zero-order valence-corrected chi connectivity index (χ0v) is 16.3.